The summed E-state index contributed by atoms with van der Waals surface area (Å²) in [6.45, 7) is 0.0832. The Morgan fingerprint density at radius 1 is 1.37 bits per heavy atom. The molecule has 3 rings (SSSR count). The zero-order chi connectivity index (χ0) is 13.2. The summed E-state index contributed by atoms with van der Waals surface area (Å²) in [4.78, 5) is 5.66. The summed E-state index contributed by atoms with van der Waals surface area (Å²) < 4.78 is 1.73. The summed E-state index contributed by atoms with van der Waals surface area (Å²) in [5.41, 5.74) is 1.75. The van der Waals surface area contributed by atoms with Gasteiger partial charge < -0.3 is 5.11 Å². The molecule has 0 amide bonds. The number of likely N-dealkylation sites (N-methyl/N-ethyl adjacent to an activating group) is 1. The maximum absolute atomic E-state index is 9.22. The van der Waals surface area contributed by atoms with Gasteiger partial charge in [-0.05, 0) is 12.1 Å². The van der Waals surface area contributed by atoms with Crippen molar-refractivity contribution in [2.75, 3.05) is 13.7 Å². The zero-order valence-electron chi connectivity index (χ0n) is 10.7. The molecule has 0 spiro atoms. The molecular weight excluding hydrogens is 244 g/mol. The number of aromatic nitrogens is 3. The Labute approximate surface area is 111 Å². The molecule has 1 N–H and O–H groups in total. The predicted molar refractivity (Wildman–Crippen MR) is 68.4 cm³/mol. The number of hydrogen-bond acceptors (Lipinski definition) is 5. The first-order valence-electron chi connectivity index (χ1n) is 6.26. The molecule has 0 radical (unpaired) electrons. The van der Waals surface area contributed by atoms with E-state index >= 15 is 0 Å². The van der Waals surface area contributed by atoms with Crippen LogP contribution in [0.4, 0.5) is 0 Å². The molecule has 1 fully saturated rings. The van der Waals surface area contributed by atoms with Gasteiger partial charge in [0.2, 0.25) is 0 Å². The van der Waals surface area contributed by atoms with E-state index in [2.05, 4.69) is 10.3 Å². The lowest BCUT2D eigenvalue weighted by molar-refractivity contribution is -0.150. The van der Waals surface area contributed by atoms with E-state index in [4.69, 9.17) is 4.84 Å². The largest absolute Gasteiger partial charge is 0.395 e. The Bertz CT molecular complexity index is 543. The second-order valence-corrected chi connectivity index (χ2v) is 4.64. The van der Waals surface area contributed by atoms with E-state index in [-0.39, 0.29) is 18.8 Å². The van der Waals surface area contributed by atoms with Gasteiger partial charge in [0.15, 0.2) is 0 Å². The Kier molecular flexibility index (Phi) is 3.29. The second kappa shape index (κ2) is 5.08. The first-order valence-corrected chi connectivity index (χ1v) is 6.26. The van der Waals surface area contributed by atoms with E-state index in [9.17, 15) is 5.11 Å². The van der Waals surface area contributed by atoms with E-state index in [0.717, 1.165) is 17.8 Å². The monoisotopic (exact) mass is 260 g/mol. The summed E-state index contributed by atoms with van der Waals surface area (Å²) in [6, 6.07) is 9.83. The van der Waals surface area contributed by atoms with Crippen LogP contribution >= 0.6 is 0 Å². The SMILES string of the molecule is CN1O[C@H](c2cn(-c3ccccc3)nn2)C[C@@H]1CO. The molecule has 0 saturated carbocycles. The van der Waals surface area contributed by atoms with Crippen molar-refractivity contribution in [3.63, 3.8) is 0 Å². The van der Waals surface area contributed by atoms with Gasteiger partial charge in [0.1, 0.15) is 11.8 Å². The van der Waals surface area contributed by atoms with Gasteiger partial charge in [-0.3, -0.25) is 4.84 Å². The number of hydroxylamine groups is 2. The zero-order valence-corrected chi connectivity index (χ0v) is 10.7. The normalized spacial score (nSPS) is 23.9. The smallest absolute Gasteiger partial charge is 0.126 e. The van der Waals surface area contributed by atoms with Crippen molar-refractivity contribution in [3.8, 4) is 5.69 Å². The molecule has 6 heteroatoms. The number of aliphatic hydroxyl groups excluding tert-OH is 1. The Morgan fingerprint density at radius 3 is 2.84 bits per heavy atom. The van der Waals surface area contributed by atoms with E-state index < -0.39 is 0 Å². The van der Waals surface area contributed by atoms with Crippen LogP contribution < -0.4 is 0 Å². The molecule has 19 heavy (non-hydrogen) atoms. The molecule has 0 unspecified atom stereocenters. The minimum Gasteiger partial charge on any atom is -0.395 e. The van der Waals surface area contributed by atoms with Crippen LogP contribution in [0.3, 0.4) is 0 Å². The quantitative estimate of drug-likeness (QED) is 0.889. The summed E-state index contributed by atoms with van der Waals surface area (Å²) in [6.07, 6.45) is 2.45. The third-order valence-corrected chi connectivity index (χ3v) is 3.37. The van der Waals surface area contributed by atoms with Crippen LogP contribution in [0.15, 0.2) is 36.5 Å². The van der Waals surface area contributed by atoms with E-state index in [1.54, 1.807) is 9.75 Å². The van der Waals surface area contributed by atoms with Crippen LogP contribution in [0.25, 0.3) is 5.69 Å². The number of nitrogens with zero attached hydrogens (tertiary/aromatic N) is 4. The van der Waals surface area contributed by atoms with Gasteiger partial charge >= 0.3 is 0 Å². The van der Waals surface area contributed by atoms with Gasteiger partial charge in [-0.1, -0.05) is 23.4 Å². The second-order valence-electron chi connectivity index (χ2n) is 4.64. The topological polar surface area (TPSA) is 63.4 Å². The summed E-state index contributed by atoms with van der Waals surface area (Å²) in [7, 11) is 1.82. The highest BCUT2D eigenvalue weighted by atomic mass is 16.7. The molecule has 2 heterocycles. The van der Waals surface area contributed by atoms with Crippen LogP contribution in [-0.4, -0.2) is 44.9 Å². The highest BCUT2D eigenvalue weighted by molar-refractivity contribution is 5.30. The molecule has 1 aliphatic heterocycles. The highest BCUT2D eigenvalue weighted by Gasteiger charge is 2.33. The average molecular weight is 260 g/mol. The van der Waals surface area contributed by atoms with Gasteiger partial charge in [-0.25, -0.2) is 4.68 Å². The summed E-state index contributed by atoms with van der Waals surface area (Å²) >= 11 is 0. The molecule has 6 nitrogen and oxygen atoms in total. The van der Waals surface area contributed by atoms with Gasteiger partial charge in [-0.15, -0.1) is 5.10 Å². The molecule has 0 bridgehead atoms. The van der Waals surface area contributed by atoms with Gasteiger partial charge in [0.05, 0.1) is 24.5 Å². The van der Waals surface area contributed by atoms with Crippen molar-refractivity contribution >= 4 is 0 Å². The molecule has 0 aliphatic carbocycles. The van der Waals surface area contributed by atoms with Crippen LogP contribution in [0.1, 0.15) is 18.2 Å². The van der Waals surface area contributed by atoms with Crippen molar-refractivity contribution in [3.05, 3.63) is 42.2 Å². The molecule has 2 atom stereocenters. The van der Waals surface area contributed by atoms with Crippen LogP contribution in [0.5, 0.6) is 0 Å². The third-order valence-electron chi connectivity index (χ3n) is 3.37. The molecule has 1 aromatic carbocycles. The predicted octanol–water partition coefficient (Wildman–Crippen LogP) is 0.936. The van der Waals surface area contributed by atoms with E-state index in [0.29, 0.717) is 0 Å². The minimum atomic E-state index is -0.139. The van der Waals surface area contributed by atoms with Crippen molar-refractivity contribution < 1.29 is 9.94 Å². The molecule has 1 aromatic heterocycles. The Morgan fingerprint density at radius 2 is 2.16 bits per heavy atom. The van der Waals surface area contributed by atoms with Crippen molar-refractivity contribution in [1.82, 2.24) is 20.1 Å². The lowest BCUT2D eigenvalue weighted by Gasteiger charge is -2.13. The van der Waals surface area contributed by atoms with Crippen LogP contribution in [-0.2, 0) is 4.84 Å². The number of rotatable bonds is 3. The number of aliphatic hydroxyl groups is 1. The Hall–Kier alpha value is -1.76. The number of para-hydroxylation sites is 1. The molecule has 2 aromatic rings. The average Bonchev–Trinajstić information content (AvgIpc) is 3.06. The Balaban J connectivity index is 1.79. The highest BCUT2D eigenvalue weighted by Crippen LogP contribution is 2.30. The summed E-state index contributed by atoms with van der Waals surface area (Å²) in [5.74, 6) is 0. The maximum Gasteiger partial charge on any atom is 0.126 e. The van der Waals surface area contributed by atoms with Gasteiger partial charge in [0.25, 0.3) is 0 Å². The van der Waals surface area contributed by atoms with Gasteiger partial charge in [-0.2, -0.15) is 5.06 Å². The minimum absolute atomic E-state index is 0.0203. The fourth-order valence-electron chi connectivity index (χ4n) is 2.22. The first kappa shape index (κ1) is 12.3. The fraction of sp³-hybridized carbons (Fsp3) is 0.385. The van der Waals surface area contributed by atoms with Crippen molar-refractivity contribution in [2.24, 2.45) is 0 Å². The van der Waals surface area contributed by atoms with Crippen molar-refractivity contribution in [1.29, 1.82) is 0 Å². The lowest BCUT2D eigenvalue weighted by Crippen LogP contribution is -2.26. The fourth-order valence-corrected chi connectivity index (χ4v) is 2.22. The number of hydrogen-bond donors (Lipinski definition) is 1. The lowest BCUT2D eigenvalue weighted by atomic mass is 10.1. The molecule has 1 aliphatic rings. The van der Waals surface area contributed by atoms with E-state index in [1.165, 1.54) is 0 Å². The summed E-state index contributed by atoms with van der Waals surface area (Å²) in [5, 5.41) is 19.2. The molecule has 1 saturated heterocycles. The molecule has 100 valence electrons. The third kappa shape index (κ3) is 2.37. The van der Waals surface area contributed by atoms with Gasteiger partial charge in [0, 0.05) is 13.5 Å². The standard InChI is InChI=1S/C13H16N4O2/c1-16-11(9-18)7-13(19-16)12-8-17(15-14-12)10-5-3-2-4-6-10/h2-6,8,11,13,18H,7,9H2,1H3/t11-,13+/m1/s1. The van der Waals surface area contributed by atoms with Crippen LogP contribution in [0, 0.1) is 0 Å². The molecular formula is C13H16N4O2. The number of benzene rings is 1. The first-order chi connectivity index (χ1) is 9.28. The van der Waals surface area contributed by atoms with Crippen LogP contribution in [0.2, 0.25) is 0 Å². The van der Waals surface area contributed by atoms with Crippen molar-refractivity contribution in [2.45, 2.75) is 18.6 Å². The van der Waals surface area contributed by atoms with E-state index in [1.807, 2.05) is 43.6 Å². The maximum atomic E-state index is 9.22.